The minimum atomic E-state index is 0.0636. The Bertz CT molecular complexity index is 382. The molecule has 0 saturated heterocycles. The number of benzene rings is 1. The van der Waals surface area contributed by atoms with Gasteiger partial charge in [0.15, 0.2) is 0 Å². The minimum absolute atomic E-state index is 0.0636. The molecule has 0 radical (unpaired) electrons. The lowest BCUT2D eigenvalue weighted by Gasteiger charge is -2.06. The number of amides is 1. The van der Waals surface area contributed by atoms with Gasteiger partial charge in [0.1, 0.15) is 0 Å². The number of carbonyl (C=O) groups excluding carboxylic acids is 1. The topological polar surface area (TPSA) is 20.3 Å². The number of hydrogen-bond acceptors (Lipinski definition) is 1. The molecule has 1 amide bonds. The lowest BCUT2D eigenvalue weighted by molar-refractivity contribution is 0.0842. The molecule has 2 rings (SSSR count). The Morgan fingerprint density at radius 3 is 2.92 bits per heavy atom. The molecular weight excluding hydrogens is 162 g/mol. The molecule has 0 bridgehead atoms. The van der Waals surface area contributed by atoms with E-state index in [0.29, 0.717) is 6.54 Å². The zero-order valence-electron chi connectivity index (χ0n) is 7.58. The highest BCUT2D eigenvalue weighted by molar-refractivity contribution is 5.99. The Labute approximate surface area is 77.5 Å². The first-order valence-electron chi connectivity index (χ1n) is 4.26. The number of carbonyl (C=O) groups is 1. The van der Waals surface area contributed by atoms with Crippen LogP contribution >= 0.6 is 0 Å². The van der Waals surface area contributed by atoms with E-state index in [2.05, 4.69) is 6.58 Å². The van der Waals surface area contributed by atoms with Gasteiger partial charge in [0.25, 0.3) is 5.91 Å². The van der Waals surface area contributed by atoms with Crippen molar-refractivity contribution in [3.63, 3.8) is 0 Å². The van der Waals surface area contributed by atoms with Gasteiger partial charge < -0.3 is 4.90 Å². The maximum atomic E-state index is 11.6. The van der Waals surface area contributed by atoms with Crippen molar-refractivity contribution in [2.45, 2.75) is 13.5 Å². The summed E-state index contributed by atoms with van der Waals surface area (Å²) in [4.78, 5) is 13.3. The van der Waals surface area contributed by atoms with E-state index >= 15 is 0 Å². The van der Waals surface area contributed by atoms with Gasteiger partial charge in [0.2, 0.25) is 0 Å². The number of rotatable bonds is 1. The van der Waals surface area contributed by atoms with Gasteiger partial charge in [0, 0.05) is 11.8 Å². The molecule has 1 aliphatic heterocycles. The van der Waals surface area contributed by atoms with Crippen LogP contribution in [0.4, 0.5) is 0 Å². The molecule has 1 aliphatic rings. The van der Waals surface area contributed by atoms with Crippen LogP contribution in [0.25, 0.3) is 0 Å². The fourth-order valence-electron chi connectivity index (χ4n) is 1.66. The summed E-state index contributed by atoms with van der Waals surface area (Å²) in [6.07, 6.45) is 1.59. The summed E-state index contributed by atoms with van der Waals surface area (Å²) in [7, 11) is 0. The molecule has 0 aliphatic carbocycles. The average Bonchev–Trinajstić information content (AvgIpc) is 2.45. The summed E-state index contributed by atoms with van der Waals surface area (Å²) < 4.78 is 0. The molecule has 13 heavy (non-hydrogen) atoms. The second-order valence-electron chi connectivity index (χ2n) is 3.22. The lowest BCUT2D eigenvalue weighted by atomic mass is 10.1. The fourth-order valence-corrected chi connectivity index (χ4v) is 1.66. The van der Waals surface area contributed by atoms with Crippen molar-refractivity contribution >= 4 is 5.91 Å². The van der Waals surface area contributed by atoms with Crippen LogP contribution in [0, 0.1) is 6.92 Å². The second kappa shape index (κ2) is 2.73. The molecule has 2 nitrogen and oxygen atoms in total. The zero-order chi connectivity index (χ0) is 9.42. The quantitative estimate of drug-likeness (QED) is 0.636. The Morgan fingerprint density at radius 2 is 2.31 bits per heavy atom. The molecular formula is C11H11NO. The predicted molar refractivity (Wildman–Crippen MR) is 51.2 cm³/mol. The SMILES string of the molecule is C=CN1Cc2c(C)cccc2C1=O. The molecule has 0 N–H and O–H groups in total. The molecule has 0 spiro atoms. The van der Waals surface area contributed by atoms with Gasteiger partial charge in [-0.25, -0.2) is 0 Å². The molecule has 0 fully saturated rings. The lowest BCUT2D eigenvalue weighted by Crippen LogP contribution is -2.15. The standard InChI is InChI=1S/C11H11NO/c1-3-12-7-10-8(2)5-4-6-9(10)11(12)13/h3-6H,1,7H2,2H3. The zero-order valence-corrected chi connectivity index (χ0v) is 7.58. The van der Waals surface area contributed by atoms with Crippen LogP contribution in [-0.2, 0) is 6.54 Å². The number of nitrogens with zero attached hydrogens (tertiary/aromatic N) is 1. The number of fused-ring (bicyclic) bond motifs is 1. The first-order valence-corrected chi connectivity index (χ1v) is 4.26. The minimum Gasteiger partial charge on any atom is -0.311 e. The summed E-state index contributed by atoms with van der Waals surface area (Å²) >= 11 is 0. The Morgan fingerprint density at radius 1 is 1.54 bits per heavy atom. The van der Waals surface area contributed by atoms with Crippen molar-refractivity contribution in [1.82, 2.24) is 4.90 Å². The van der Waals surface area contributed by atoms with Crippen LogP contribution < -0.4 is 0 Å². The predicted octanol–water partition coefficient (Wildman–Crippen LogP) is 2.09. The number of hydrogen-bond donors (Lipinski definition) is 0. The highest BCUT2D eigenvalue weighted by Crippen LogP contribution is 2.25. The Hall–Kier alpha value is -1.57. The van der Waals surface area contributed by atoms with Crippen molar-refractivity contribution in [2.24, 2.45) is 0 Å². The average molecular weight is 173 g/mol. The van der Waals surface area contributed by atoms with E-state index in [1.54, 1.807) is 11.1 Å². The van der Waals surface area contributed by atoms with Gasteiger partial charge in [-0.3, -0.25) is 4.79 Å². The second-order valence-corrected chi connectivity index (χ2v) is 3.22. The van der Waals surface area contributed by atoms with E-state index < -0.39 is 0 Å². The third-order valence-corrected chi connectivity index (χ3v) is 2.45. The molecule has 0 unspecified atom stereocenters. The van der Waals surface area contributed by atoms with E-state index in [9.17, 15) is 4.79 Å². The molecule has 0 saturated carbocycles. The summed E-state index contributed by atoms with van der Waals surface area (Å²) in [6, 6.07) is 5.81. The van der Waals surface area contributed by atoms with E-state index in [-0.39, 0.29) is 5.91 Å². The van der Waals surface area contributed by atoms with Crippen molar-refractivity contribution < 1.29 is 4.79 Å². The van der Waals surface area contributed by atoms with E-state index in [4.69, 9.17) is 0 Å². The molecule has 1 heterocycles. The summed E-state index contributed by atoms with van der Waals surface area (Å²) in [5, 5.41) is 0. The van der Waals surface area contributed by atoms with Crippen molar-refractivity contribution in [3.05, 3.63) is 47.7 Å². The Kier molecular flexibility index (Phi) is 1.69. The summed E-state index contributed by atoms with van der Waals surface area (Å²) in [5.74, 6) is 0.0636. The van der Waals surface area contributed by atoms with E-state index in [1.807, 2.05) is 25.1 Å². The van der Waals surface area contributed by atoms with Crippen LogP contribution in [-0.4, -0.2) is 10.8 Å². The molecule has 2 heteroatoms. The highest BCUT2D eigenvalue weighted by Gasteiger charge is 2.25. The third kappa shape index (κ3) is 1.06. The largest absolute Gasteiger partial charge is 0.311 e. The monoisotopic (exact) mass is 173 g/mol. The van der Waals surface area contributed by atoms with Gasteiger partial charge in [-0.1, -0.05) is 18.7 Å². The smallest absolute Gasteiger partial charge is 0.258 e. The van der Waals surface area contributed by atoms with E-state index in [1.165, 1.54) is 5.56 Å². The van der Waals surface area contributed by atoms with Gasteiger partial charge in [0.05, 0.1) is 6.54 Å². The molecule has 66 valence electrons. The fraction of sp³-hybridized carbons (Fsp3) is 0.182. The Balaban J connectivity index is 2.55. The molecule has 1 aromatic rings. The van der Waals surface area contributed by atoms with Gasteiger partial charge in [-0.05, 0) is 24.1 Å². The molecule has 0 atom stereocenters. The van der Waals surface area contributed by atoms with Crippen molar-refractivity contribution in [2.75, 3.05) is 0 Å². The van der Waals surface area contributed by atoms with Gasteiger partial charge in [-0.2, -0.15) is 0 Å². The van der Waals surface area contributed by atoms with Gasteiger partial charge in [-0.15, -0.1) is 0 Å². The molecule has 1 aromatic carbocycles. The van der Waals surface area contributed by atoms with Crippen LogP contribution in [0.1, 0.15) is 21.5 Å². The maximum absolute atomic E-state index is 11.6. The van der Waals surface area contributed by atoms with Crippen LogP contribution in [0.15, 0.2) is 31.0 Å². The third-order valence-electron chi connectivity index (χ3n) is 2.45. The first-order chi connectivity index (χ1) is 6.24. The maximum Gasteiger partial charge on any atom is 0.258 e. The van der Waals surface area contributed by atoms with Crippen LogP contribution in [0.3, 0.4) is 0 Å². The first kappa shape index (κ1) is 8.05. The van der Waals surface area contributed by atoms with Crippen LogP contribution in [0.5, 0.6) is 0 Å². The number of aryl methyl sites for hydroxylation is 1. The highest BCUT2D eigenvalue weighted by atomic mass is 16.2. The van der Waals surface area contributed by atoms with Crippen LogP contribution in [0.2, 0.25) is 0 Å². The van der Waals surface area contributed by atoms with E-state index in [0.717, 1.165) is 11.1 Å². The summed E-state index contributed by atoms with van der Waals surface area (Å²) in [6.45, 7) is 6.31. The normalized spacial score (nSPS) is 14.5. The summed E-state index contributed by atoms with van der Waals surface area (Å²) in [5.41, 5.74) is 3.13. The van der Waals surface area contributed by atoms with Gasteiger partial charge >= 0.3 is 0 Å². The van der Waals surface area contributed by atoms with Crippen molar-refractivity contribution in [1.29, 1.82) is 0 Å². The van der Waals surface area contributed by atoms with Crippen molar-refractivity contribution in [3.8, 4) is 0 Å². The molecule has 0 aromatic heterocycles.